The van der Waals surface area contributed by atoms with Crippen LogP contribution >= 0.6 is 11.3 Å². The predicted molar refractivity (Wildman–Crippen MR) is 268 cm³/mol. The highest BCUT2D eigenvalue weighted by atomic mass is 32.1. The third-order valence-electron chi connectivity index (χ3n) is 12.9. The molecule has 0 spiro atoms. The molecule has 2 heteroatoms. The molecule has 10 aromatic carbocycles. The molecule has 0 saturated heterocycles. The van der Waals surface area contributed by atoms with Crippen molar-refractivity contribution in [2.45, 2.75) is 5.41 Å². The van der Waals surface area contributed by atoms with Gasteiger partial charge in [0, 0.05) is 37.2 Å². The molecule has 12 rings (SSSR count). The molecule has 0 aliphatic heterocycles. The van der Waals surface area contributed by atoms with Crippen LogP contribution in [0.5, 0.6) is 0 Å². The van der Waals surface area contributed by atoms with Gasteiger partial charge in [-0.05, 0) is 133 Å². The number of thiophene rings is 1. The van der Waals surface area contributed by atoms with Crippen molar-refractivity contribution < 1.29 is 0 Å². The molecule has 0 saturated carbocycles. The van der Waals surface area contributed by atoms with Crippen LogP contribution in [0.15, 0.2) is 249 Å². The Bertz CT molecular complexity index is 3320. The van der Waals surface area contributed by atoms with Gasteiger partial charge in [-0.25, -0.2) is 0 Å². The van der Waals surface area contributed by atoms with Crippen molar-refractivity contribution in [3.8, 4) is 44.5 Å². The standard InChI is InChI=1S/C61H41NS/c1-4-16-42(17-5-1)45-38-46(43-18-6-2-7-19-43)40-47(39-45)44-28-32-50(33-29-44)62(52-36-37-60-56(41-52)55-24-12-15-27-59(55)63-60)51-34-30-49(31-35-51)61(48-20-8-3-9-21-48)57-25-13-10-22-53(57)54-23-11-14-26-58(54)61/h1-41H. The first kappa shape index (κ1) is 37.0. The van der Waals surface area contributed by atoms with E-state index in [1.807, 2.05) is 11.3 Å². The Morgan fingerprint density at radius 1 is 0.286 bits per heavy atom. The third-order valence-corrected chi connectivity index (χ3v) is 14.1. The third kappa shape index (κ3) is 6.22. The van der Waals surface area contributed by atoms with Crippen LogP contribution in [0.1, 0.15) is 22.3 Å². The monoisotopic (exact) mass is 819 g/mol. The second-order valence-electron chi connectivity index (χ2n) is 16.4. The number of fused-ring (bicyclic) bond motifs is 6. The number of hydrogen-bond donors (Lipinski definition) is 0. The molecule has 1 nitrogen and oxygen atoms in total. The van der Waals surface area contributed by atoms with Crippen molar-refractivity contribution in [3.63, 3.8) is 0 Å². The summed E-state index contributed by atoms with van der Waals surface area (Å²) in [5.74, 6) is 0. The van der Waals surface area contributed by atoms with Crippen LogP contribution in [0, 0.1) is 0 Å². The molecule has 296 valence electrons. The molecule has 0 atom stereocenters. The van der Waals surface area contributed by atoms with Gasteiger partial charge in [-0.3, -0.25) is 0 Å². The molecular formula is C61H41NS. The maximum atomic E-state index is 2.42. The van der Waals surface area contributed by atoms with Gasteiger partial charge in [-0.1, -0.05) is 182 Å². The molecule has 0 radical (unpaired) electrons. The summed E-state index contributed by atoms with van der Waals surface area (Å²) in [6, 6.07) is 91.5. The van der Waals surface area contributed by atoms with Gasteiger partial charge in [0.05, 0.1) is 5.41 Å². The quantitative estimate of drug-likeness (QED) is 0.148. The Hall–Kier alpha value is -7.78. The van der Waals surface area contributed by atoms with E-state index in [1.54, 1.807) is 0 Å². The lowest BCUT2D eigenvalue weighted by Gasteiger charge is -2.34. The van der Waals surface area contributed by atoms with E-state index in [-0.39, 0.29) is 0 Å². The van der Waals surface area contributed by atoms with Crippen molar-refractivity contribution in [1.29, 1.82) is 0 Å². The summed E-state index contributed by atoms with van der Waals surface area (Å²) in [5.41, 5.74) is 17.8. The molecule has 0 fully saturated rings. The van der Waals surface area contributed by atoms with Gasteiger partial charge in [-0.15, -0.1) is 11.3 Å². The zero-order chi connectivity index (χ0) is 41.7. The first-order chi connectivity index (χ1) is 31.2. The fourth-order valence-corrected chi connectivity index (χ4v) is 11.2. The summed E-state index contributed by atoms with van der Waals surface area (Å²) in [5, 5.41) is 2.57. The molecule has 11 aromatic rings. The van der Waals surface area contributed by atoms with E-state index in [2.05, 4.69) is 254 Å². The van der Waals surface area contributed by atoms with E-state index in [0.29, 0.717) is 0 Å². The topological polar surface area (TPSA) is 3.24 Å². The number of rotatable bonds is 8. The van der Waals surface area contributed by atoms with Crippen LogP contribution < -0.4 is 4.90 Å². The molecule has 0 bridgehead atoms. The Labute approximate surface area is 372 Å². The minimum Gasteiger partial charge on any atom is -0.310 e. The lowest BCUT2D eigenvalue weighted by atomic mass is 9.68. The average Bonchev–Trinajstić information content (AvgIpc) is 3.89. The van der Waals surface area contributed by atoms with Gasteiger partial charge < -0.3 is 4.90 Å². The molecule has 1 aliphatic carbocycles. The van der Waals surface area contributed by atoms with Crippen molar-refractivity contribution in [3.05, 3.63) is 271 Å². The molecule has 1 heterocycles. The second-order valence-corrected chi connectivity index (χ2v) is 17.5. The summed E-state index contributed by atoms with van der Waals surface area (Å²) in [6.07, 6.45) is 0. The molecular weight excluding hydrogens is 779 g/mol. The van der Waals surface area contributed by atoms with Crippen LogP contribution in [-0.4, -0.2) is 0 Å². The molecule has 0 amide bonds. The van der Waals surface area contributed by atoms with Gasteiger partial charge in [0.1, 0.15) is 0 Å². The summed E-state index contributed by atoms with van der Waals surface area (Å²) < 4.78 is 2.60. The van der Waals surface area contributed by atoms with Crippen molar-refractivity contribution >= 4 is 48.6 Å². The van der Waals surface area contributed by atoms with E-state index in [1.165, 1.54) is 86.9 Å². The average molecular weight is 820 g/mol. The maximum absolute atomic E-state index is 2.42. The maximum Gasteiger partial charge on any atom is 0.0713 e. The smallest absolute Gasteiger partial charge is 0.0713 e. The highest BCUT2D eigenvalue weighted by molar-refractivity contribution is 7.25. The highest BCUT2D eigenvalue weighted by Gasteiger charge is 2.45. The molecule has 1 aromatic heterocycles. The molecule has 1 aliphatic rings. The van der Waals surface area contributed by atoms with Gasteiger partial charge in [0.25, 0.3) is 0 Å². The van der Waals surface area contributed by atoms with Gasteiger partial charge in [0.15, 0.2) is 0 Å². The Balaban J connectivity index is 1.01. The SMILES string of the molecule is c1ccc(-c2cc(-c3ccccc3)cc(-c3ccc(N(c4ccc(C5(c6ccccc6)c6ccccc6-c6ccccc65)cc4)c4ccc5sc6ccccc6c5c4)cc3)c2)cc1. The Morgan fingerprint density at radius 2 is 0.714 bits per heavy atom. The fourth-order valence-electron chi connectivity index (χ4n) is 10.1. The van der Waals surface area contributed by atoms with Crippen LogP contribution in [0.4, 0.5) is 17.1 Å². The van der Waals surface area contributed by atoms with Crippen molar-refractivity contribution in [1.82, 2.24) is 0 Å². The summed E-state index contributed by atoms with van der Waals surface area (Å²) in [6.45, 7) is 0. The van der Waals surface area contributed by atoms with Gasteiger partial charge in [-0.2, -0.15) is 0 Å². The Kier molecular flexibility index (Phi) is 8.98. The lowest BCUT2D eigenvalue weighted by molar-refractivity contribution is 0.768. The zero-order valence-corrected chi connectivity index (χ0v) is 35.3. The number of benzene rings is 10. The van der Waals surface area contributed by atoms with Gasteiger partial charge >= 0.3 is 0 Å². The highest BCUT2D eigenvalue weighted by Crippen LogP contribution is 2.56. The normalized spacial score (nSPS) is 12.6. The Morgan fingerprint density at radius 3 is 1.30 bits per heavy atom. The predicted octanol–water partition coefficient (Wildman–Crippen LogP) is 16.9. The van der Waals surface area contributed by atoms with Crippen LogP contribution in [0.3, 0.4) is 0 Å². The first-order valence-corrected chi connectivity index (χ1v) is 22.5. The van der Waals surface area contributed by atoms with Crippen LogP contribution in [-0.2, 0) is 5.41 Å². The largest absolute Gasteiger partial charge is 0.310 e. The second kappa shape index (κ2) is 15.3. The zero-order valence-electron chi connectivity index (χ0n) is 34.5. The minimum atomic E-state index is -0.457. The minimum absolute atomic E-state index is 0.457. The van der Waals surface area contributed by atoms with Crippen LogP contribution in [0.2, 0.25) is 0 Å². The number of nitrogens with zero attached hydrogens (tertiary/aromatic N) is 1. The molecule has 0 N–H and O–H groups in total. The molecule has 0 unspecified atom stereocenters. The molecule has 63 heavy (non-hydrogen) atoms. The summed E-state index contributed by atoms with van der Waals surface area (Å²) in [4.78, 5) is 2.42. The number of anilines is 3. The lowest BCUT2D eigenvalue weighted by Crippen LogP contribution is -2.28. The van der Waals surface area contributed by atoms with Crippen LogP contribution in [0.25, 0.3) is 64.7 Å². The van der Waals surface area contributed by atoms with E-state index in [0.717, 1.165) is 17.1 Å². The van der Waals surface area contributed by atoms with Crippen molar-refractivity contribution in [2.75, 3.05) is 4.90 Å². The van der Waals surface area contributed by atoms with E-state index < -0.39 is 5.41 Å². The van der Waals surface area contributed by atoms with Crippen molar-refractivity contribution in [2.24, 2.45) is 0 Å². The van der Waals surface area contributed by atoms with Gasteiger partial charge in [0.2, 0.25) is 0 Å². The number of hydrogen-bond acceptors (Lipinski definition) is 2. The first-order valence-electron chi connectivity index (χ1n) is 21.7. The van der Waals surface area contributed by atoms with E-state index >= 15 is 0 Å². The summed E-state index contributed by atoms with van der Waals surface area (Å²) in [7, 11) is 0. The summed E-state index contributed by atoms with van der Waals surface area (Å²) >= 11 is 1.86. The van der Waals surface area contributed by atoms with E-state index in [4.69, 9.17) is 0 Å². The van der Waals surface area contributed by atoms with E-state index in [9.17, 15) is 0 Å². The fraction of sp³-hybridized carbons (Fsp3) is 0.0164.